The summed E-state index contributed by atoms with van der Waals surface area (Å²) in [5.41, 5.74) is 1.38. The molecule has 0 saturated carbocycles. The summed E-state index contributed by atoms with van der Waals surface area (Å²) in [6.45, 7) is 4.28. The molecule has 0 aliphatic carbocycles. The van der Waals surface area contributed by atoms with E-state index >= 15 is 0 Å². The van der Waals surface area contributed by atoms with E-state index in [4.69, 9.17) is 9.47 Å². The molecular formula is C19H19BrO4. The highest BCUT2D eigenvalue weighted by Gasteiger charge is 2.22. The number of para-hydroxylation sites is 1. The second-order valence-corrected chi connectivity index (χ2v) is 6.09. The van der Waals surface area contributed by atoms with Crippen molar-refractivity contribution in [3.8, 4) is 11.5 Å². The average Bonchev–Trinajstić information content (AvgIpc) is 2.59. The summed E-state index contributed by atoms with van der Waals surface area (Å²) < 4.78 is 11.7. The zero-order chi connectivity index (χ0) is 17.5. The number of carbonyl (C=O) groups is 2. The summed E-state index contributed by atoms with van der Waals surface area (Å²) in [7, 11) is 0. The number of ether oxygens (including phenoxy) is 2. The minimum Gasteiger partial charge on any atom is -0.493 e. The molecule has 0 aromatic heterocycles. The molecule has 126 valence electrons. The molecule has 0 saturated heterocycles. The first-order chi connectivity index (χ1) is 11.6. The van der Waals surface area contributed by atoms with Crippen LogP contribution in [0.25, 0.3) is 0 Å². The Morgan fingerprint density at radius 2 is 1.96 bits per heavy atom. The van der Waals surface area contributed by atoms with Crippen LogP contribution in [0.1, 0.15) is 46.0 Å². The van der Waals surface area contributed by atoms with Gasteiger partial charge in [-0.25, -0.2) is 4.79 Å². The van der Waals surface area contributed by atoms with Crippen LogP contribution >= 0.6 is 15.9 Å². The topological polar surface area (TPSA) is 52.6 Å². The highest BCUT2D eigenvalue weighted by atomic mass is 79.9. The van der Waals surface area contributed by atoms with Crippen molar-refractivity contribution in [2.24, 2.45) is 0 Å². The molecule has 2 aromatic rings. The van der Waals surface area contributed by atoms with Gasteiger partial charge in [0.05, 0.1) is 6.61 Å². The lowest BCUT2D eigenvalue weighted by atomic mass is 10.0. The molecule has 4 nitrogen and oxygen atoms in total. The van der Waals surface area contributed by atoms with Crippen LogP contribution in [0.4, 0.5) is 0 Å². The molecule has 0 radical (unpaired) electrons. The van der Waals surface area contributed by atoms with Crippen LogP contribution in [0.2, 0.25) is 0 Å². The molecule has 0 aliphatic heterocycles. The van der Waals surface area contributed by atoms with Crippen LogP contribution < -0.4 is 9.47 Å². The summed E-state index contributed by atoms with van der Waals surface area (Å²) in [5, 5.41) is 0. The van der Waals surface area contributed by atoms with Crippen molar-refractivity contribution in [1.82, 2.24) is 0 Å². The largest absolute Gasteiger partial charge is 0.493 e. The molecular weight excluding hydrogens is 372 g/mol. The van der Waals surface area contributed by atoms with Gasteiger partial charge in [-0.15, -0.1) is 0 Å². The minimum absolute atomic E-state index is 0.326. The van der Waals surface area contributed by atoms with Crippen LogP contribution in [0.15, 0.2) is 40.9 Å². The number of esters is 1. The number of benzene rings is 2. The van der Waals surface area contributed by atoms with Gasteiger partial charge in [0, 0.05) is 10.0 Å². The SMILES string of the molecule is CCCCOc1cc(C=O)c(Br)c(C)c1C(=O)Oc1ccccc1. The monoisotopic (exact) mass is 390 g/mol. The molecule has 0 aliphatic rings. The van der Waals surface area contributed by atoms with Gasteiger partial charge in [-0.2, -0.15) is 0 Å². The molecule has 0 bridgehead atoms. The average molecular weight is 391 g/mol. The maximum atomic E-state index is 12.6. The van der Waals surface area contributed by atoms with E-state index in [1.807, 2.05) is 6.07 Å². The Kier molecular flexibility index (Phi) is 6.55. The van der Waals surface area contributed by atoms with Gasteiger partial charge in [-0.1, -0.05) is 31.5 Å². The van der Waals surface area contributed by atoms with Gasteiger partial charge in [0.2, 0.25) is 0 Å². The Morgan fingerprint density at radius 3 is 2.58 bits per heavy atom. The molecule has 0 N–H and O–H groups in total. The highest BCUT2D eigenvalue weighted by molar-refractivity contribution is 9.10. The van der Waals surface area contributed by atoms with E-state index in [1.165, 1.54) is 0 Å². The molecule has 0 fully saturated rings. The first-order valence-corrected chi connectivity index (χ1v) is 8.56. The predicted molar refractivity (Wildman–Crippen MR) is 96.1 cm³/mol. The van der Waals surface area contributed by atoms with Crippen molar-refractivity contribution in [2.75, 3.05) is 6.61 Å². The van der Waals surface area contributed by atoms with Gasteiger partial charge in [-0.3, -0.25) is 4.79 Å². The molecule has 2 aromatic carbocycles. The Morgan fingerprint density at radius 1 is 1.25 bits per heavy atom. The van der Waals surface area contributed by atoms with Crippen LogP contribution in [-0.4, -0.2) is 18.9 Å². The number of halogens is 1. The number of hydrogen-bond acceptors (Lipinski definition) is 4. The summed E-state index contributed by atoms with van der Waals surface area (Å²) in [4.78, 5) is 23.9. The molecule has 0 atom stereocenters. The minimum atomic E-state index is -0.511. The van der Waals surface area contributed by atoms with E-state index in [2.05, 4.69) is 22.9 Å². The van der Waals surface area contributed by atoms with E-state index in [1.54, 1.807) is 37.3 Å². The van der Waals surface area contributed by atoms with Crippen LogP contribution in [0, 0.1) is 6.92 Å². The van der Waals surface area contributed by atoms with Gasteiger partial charge >= 0.3 is 5.97 Å². The lowest BCUT2D eigenvalue weighted by Gasteiger charge is -2.16. The Hall–Kier alpha value is -2.14. The van der Waals surface area contributed by atoms with E-state index in [-0.39, 0.29) is 0 Å². The molecule has 2 rings (SSSR count). The second kappa shape index (κ2) is 8.64. The van der Waals surface area contributed by atoms with E-state index < -0.39 is 5.97 Å². The quantitative estimate of drug-likeness (QED) is 0.290. The number of unbranched alkanes of at least 4 members (excludes halogenated alkanes) is 1. The maximum absolute atomic E-state index is 12.6. The van der Waals surface area contributed by atoms with E-state index in [0.717, 1.165) is 19.1 Å². The van der Waals surface area contributed by atoms with E-state index in [9.17, 15) is 9.59 Å². The van der Waals surface area contributed by atoms with Crippen molar-refractivity contribution >= 4 is 28.2 Å². The Labute approximate surface area is 149 Å². The number of hydrogen-bond donors (Lipinski definition) is 0. The normalized spacial score (nSPS) is 10.3. The number of aldehydes is 1. The molecule has 0 spiro atoms. The first-order valence-electron chi connectivity index (χ1n) is 7.76. The standard InChI is InChI=1S/C19H19BrO4/c1-3-4-10-23-16-11-14(12-21)18(20)13(2)17(16)19(22)24-15-8-6-5-7-9-15/h5-9,11-12H,3-4,10H2,1-2H3. The summed E-state index contributed by atoms with van der Waals surface area (Å²) in [6.07, 6.45) is 2.56. The van der Waals surface area contributed by atoms with Crippen molar-refractivity contribution in [3.05, 3.63) is 57.6 Å². The van der Waals surface area contributed by atoms with E-state index in [0.29, 0.717) is 39.3 Å². The van der Waals surface area contributed by atoms with Gasteiger partial charge < -0.3 is 9.47 Å². The summed E-state index contributed by atoms with van der Waals surface area (Å²) >= 11 is 3.37. The third kappa shape index (κ3) is 4.23. The number of carbonyl (C=O) groups excluding carboxylic acids is 2. The molecule has 0 amide bonds. The van der Waals surface area contributed by atoms with Crippen molar-refractivity contribution < 1.29 is 19.1 Å². The fraction of sp³-hybridized carbons (Fsp3) is 0.263. The lowest BCUT2D eigenvalue weighted by molar-refractivity contribution is 0.0728. The Bertz CT molecular complexity index is 726. The van der Waals surface area contributed by atoms with Crippen LogP contribution in [0.3, 0.4) is 0 Å². The van der Waals surface area contributed by atoms with Crippen molar-refractivity contribution in [2.45, 2.75) is 26.7 Å². The smallest absolute Gasteiger partial charge is 0.347 e. The Balaban J connectivity index is 2.39. The van der Waals surface area contributed by atoms with Gasteiger partial charge in [0.15, 0.2) is 6.29 Å². The third-order valence-corrected chi connectivity index (χ3v) is 4.58. The fourth-order valence-corrected chi connectivity index (χ4v) is 2.62. The van der Waals surface area contributed by atoms with Crippen LogP contribution in [-0.2, 0) is 0 Å². The summed E-state index contributed by atoms with van der Waals surface area (Å²) in [6, 6.07) is 10.4. The van der Waals surface area contributed by atoms with Gasteiger partial charge in [0.1, 0.15) is 17.1 Å². The molecule has 24 heavy (non-hydrogen) atoms. The second-order valence-electron chi connectivity index (χ2n) is 5.30. The summed E-state index contributed by atoms with van der Waals surface area (Å²) in [5.74, 6) is 0.313. The fourth-order valence-electron chi connectivity index (χ4n) is 2.21. The molecule has 0 unspecified atom stereocenters. The van der Waals surface area contributed by atoms with Gasteiger partial charge in [-0.05, 0) is 53.0 Å². The molecule has 0 heterocycles. The van der Waals surface area contributed by atoms with Crippen molar-refractivity contribution in [3.63, 3.8) is 0 Å². The van der Waals surface area contributed by atoms with Gasteiger partial charge in [0.25, 0.3) is 0 Å². The number of rotatable bonds is 7. The predicted octanol–water partition coefficient (Wildman–Crippen LogP) is 4.97. The maximum Gasteiger partial charge on any atom is 0.347 e. The third-order valence-electron chi connectivity index (χ3n) is 3.53. The molecule has 5 heteroatoms. The van der Waals surface area contributed by atoms with Crippen molar-refractivity contribution in [1.29, 1.82) is 0 Å². The zero-order valence-electron chi connectivity index (χ0n) is 13.7. The zero-order valence-corrected chi connectivity index (χ0v) is 15.3. The lowest BCUT2D eigenvalue weighted by Crippen LogP contribution is -2.14. The first kappa shape index (κ1) is 18.2. The van der Waals surface area contributed by atoms with Crippen LogP contribution in [0.5, 0.6) is 11.5 Å². The highest BCUT2D eigenvalue weighted by Crippen LogP contribution is 2.32.